The van der Waals surface area contributed by atoms with E-state index in [0.717, 1.165) is 38.4 Å². The maximum atomic E-state index is 5.68. The molecule has 0 radical (unpaired) electrons. The molecule has 0 aliphatic carbocycles. The number of fused-ring (bicyclic) bond motifs is 1. The molecule has 2 aliphatic heterocycles. The highest BCUT2D eigenvalue weighted by Gasteiger charge is 2.22. The van der Waals surface area contributed by atoms with Crippen molar-refractivity contribution in [1.82, 2.24) is 15.5 Å². The Bertz CT molecular complexity index is 512. The minimum atomic E-state index is 0.409. The van der Waals surface area contributed by atoms with Crippen molar-refractivity contribution in [2.45, 2.75) is 19.4 Å². The summed E-state index contributed by atoms with van der Waals surface area (Å²) in [6.07, 6.45) is 3.09. The van der Waals surface area contributed by atoms with Gasteiger partial charge in [-0.3, -0.25) is 4.90 Å². The van der Waals surface area contributed by atoms with E-state index in [1.807, 2.05) is 13.2 Å². The summed E-state index contributed by atoms with van der Waals surface area (Å²) >= 11 is 0. The molecule has 0 saturated carbocycles. The fourth-order valence-corrected chi connectivity index (χ4v) is 2.97. The molecule has 2 heterocycles. The first-order valence-corrected chi connectivity index (χ1v) is 7.38. The Morgan fingerprint density at radius 2 is 2.35 bits per heavy atom. The molecule has 4 nitrogen and oxygen atoms in total. The van der Waals surface area contributed by atoms with Gasteiger partial charge < -0.3 is 15.4 Å². The summed E-state index contributed by atoms with van der Waals surface area (Å²) in [7, 11) is 1.94. The molecular formula is C16H23N3O. The number of hydrogen-bond donors (Lipinski definition) is 2. The van der Waals surface area contributed by atoms with E-state index in [2.05, 4.69) is 40.7 Å². The minimum absolute atomic E-state index is 0.409. The third kappa shape index (κ3) is 2.61. The van der Waals surface area contributed by atoms with Crippen LogP contribution in [0.4, 0.5) is 0 Å². The van der Waals surface area contributed by atoms with E-state index >= 15 is 0 Å². The van der Waals surface area contributed by atoms with E-state index in [-0.39, 0.29) is 0 Å². The van der Waals surface area contributed by atoms with E-state index < -0.39 is 0 Å². The second-order valence-electron chi connectivity index (χ2n) is 5.50. The summed E-state index contributed by atoms with van der Waals surface area (Å²) < 4.78 is 5.68. The SMILES string of the molecule is CN/C=C1/CN(C(C)c2ccc3c(c2)OCC3)CCN1. The first-order chi connectivity index (χ1) is 9.78. The molecule has 0 bridgehead atoms. The number of hydrogen-bond acceptors (Lipinski definition) is 4. The topological polar surface area (TPSA) is 36.5 Å². The maximum absolute atomic E-state index is 5.68. The summed E-state index contributed by atoms with van der Waals surface area (Å²) in [4.78, 5) is 2.50. The largest absolute Gasteiger partial charge is 0.493 e. The zero-order valence-electron chi connectivity index (χ0n) is 12.3. The number of ether oxygens (including phenoxy) is 1. The van der Waals surface area contributed by atoms with E-state index in [9.17, 15) is 0 Å². The molecule has 0 aromatic heterocycles. The van der Waals surface area contributed by atoms with Crippen LogP contribution in [0.3, 0.4) is 0 Å². The summed E-state index contributed by atoms with van der Waals surface area (Å²) in [5, 5.41) is 6.53. The maximum Gasteiger partial charge on any atom is 0.122 e. The van der Waals surface area contributed by atoms with E-state index in [4.69, 9.17) is 4.74 Å². The molecule has 20 heavy (non-hydrogen) atoms. The molecular weight excluding hydrogens is 250 g/mol. The molecule has 3 rings (SSSR count). The van der Waals surface area contributed by atoms with Gasteiger partial charge in [-0.05, 0) is 24.1 Å². The fraction of sp³-hybridized carbons (Fsp3) is 0.500. The van der Waals surface area contributed by atoms with Crippen LogP contribution in [-0.4, -0.2) is 38.2 Å². The van der Waals surface area contributed by atoms with Crippen molar-refractivity contribution in [2.75, 3.05) is 33.3 Å². The van der Waals surface area contributed by atoms with Crippen molar-refractivity contribution in [3.63, 3.8) is 0 Å². The molecule has 4 heteroatoms. The van der Waals surface area contributed by atoms with Crippen molar-refractivity contribution in [3.05, 3.63) is 41.2 Å². The molecule has 1 aromatic rings. The molecule has 0 spiro atoms. The zero-order chi connectivity index (χ0) is 13.9. The highest BCUT2D eigenvalue weighted by molar-refractivity contribution is 5.41. The van der Waals surface area contributed by atoms with Gasteiger partial charge in [0.25, 0.3) is 0 Å². The van der Waals surface area contributed by atoms with Gasteiger partial charge in [-0.15, -0.1) is 0 Å². The highest BCUT2D eigenvalue weighted by atomic mass is 16.5. The van der Waals surface area contributed by atoms with E-state index in [1.165, 1.54) is 16.8 Å². The number of benzene rings is 1. The Kier molecular flexibility index (Phi) is 3.83. The van der Waals surface area contributed by atoms with Crippen LogP contribution in [0.5, 0.6) is 5.75 Å². The average Bonchev–Trinajstić information content (AvgIpc) is 2.94. The monoisotopic (exact) mass is 273 g/mol. The molecule has 1 saturated heterocycles. The normalized spacial score (nSPS) is 22.0. The van der Waals surface area contributed by atoms with Crippen LogP contribution in [-0.2, 0) is 6.42 Å². The first kappa shape index (κ1) is 13.3. The van der Waals surface area contributed by atoms with Crippen LogP contribution in [0.2, 0.25) is 0 Å². The summed E-state index contributed by atoms with van der Waals surface area (Å²) in [6, 6.07) is 7.10. The van der Waals surface area contributed by atoms with Gasteiger partial charge in [-0.1, -0.05) is 12.1 Å². The van der Waals surface area contributed by atoms with Gasteiger partial charge in [-0.25, -0.2) is 0 Å². The summed E-state index contributed by atoms with van der Waals surface area (Å²) in [5.74, 6) is 1.08. The Balaban J connectivity index is 1.75. The first-order valence-electron chi connectivity index (χ1n) is 7.38. The van der Waals surface area contributed by atoms with Crippen LogP contribution < -0.4 is 15.4 Å². The fourth-order valence-electron chi connectivity index (χ4n) is 2.97. The van der Waals surface area contributed by atoms with Gasteiger partial charge in [0.2, 0.25) is 0 Å². The van der Waals surface area contributed by atoms with Gasteiger partial charge in [0.1, 0.15) is 5.75 Å². The molecule has 1 fully saturated rings. The standard InChI is InChI=1S/C16H23N3O/c1-12(19-7-6-18-15(11-19)10-17-2)14-4-3-13-5-8-20-16(13)9-14/h3-4,9-10,12,17-18H,5-8,11H2,1-2H3/b15-10-. The molecule has 2 N–H and O–H groups in total. The van der Waals surface area contributed by atoms with Gasteiger partial charge in [-0.2, -0.15) is 0 Å². The second-order valence-corrected chi connectivity index (χ2v) is 5.50. The van der Waals surface area contributed by atoms with E-state index in [1.54, 1.807) is 0 Å². The molecule has 1 unspecified atom stereocenters. The number of nitrogens with one attached hydrogen (secondary N) is 2. The van der Waals surface area contributed by atoms with Crippen molar-refractivity contribution in [3.8, 4) is 5.75 Å². The Hall–Kier alpha value is -1.68. The molecule has 0 amide bonds. The molecule has 2 aliphatic rings. The lowest BCUT2D eigenvalue weighted by Gasteiger charge is -2.34. The third-order valence-corrected chi connectivity index (χ3v) is 4.19. The predicted molar refractivity (Wildman–Crippen MR) is 80.8 cm³/mol. The van der Waals surface area contributed by atoms with Crippen molar-refractivity contribution in [1.29, 1.82) is 0 Å². The quantitative estimate of drug-likeness (QED) is 0.878. The van der Waals surface area contributed by atoms with E-state index in [0.29, 0.717) is 6.04 Å². The van der Waals surface area contributed by atoms with Gasteiger partial charge in [0.05, 0.1) is 6.61 Å². The zero-order valence-corrected chi connectivity index (χ0v) is 12.3. The van der Waals surface area contributed by atoms with Gasteiger partial charge in [0.15, 0.2) is 0 Å². The van der Waals surface area contributed by atoms with Crippen molar-refractivity contribution < 1.29 is 4.74 Å². The number of nitrogens with zero attached hydrogens (tertiary/aromatic N) is 1. The summed E-state index contributed by atoms with van der Waals surface area (Å²) in [5.41, 5.74) is 3.94. The van der Waals surface area contributed by atoms with Crippen LogP contribution in [0.25, 0.3) is 0 Å². The van der Waals surface area contributed by atoms with Gasteiger partial charge >= 0.3 is 0 Å². The lowest BCUT2D eigenvalue weighted by molar-refractivity contribution is 0.205. The van der Waals surface area contributed by atoms with Gasteiger partial charge in [0, 0.05) is 51.0 Å². The minimum Gasteiger partial charge on any atom is -0.493 e. The van der Waals surface area contributed by atoms with Crippen molar-refractivity contribution >= 4 is 0 Å². The lowest BCUT2D eigenvalue weighted by Crippen LogP contribution is -2.43. The number of piperazine rings is 1. The average molecular weight is 273 g/mol. The van der Waals surface area contributed by atoms with Crippen LogP contribution in [0.1, 0.15) is 24.1 Å². The Labute approximate surface area is 120 Å². The lowest BCUT2D eigenvalue weighted by atomic mass is 10.0. The highest BCUT2D eigenvalue weighted by Crippen LogP contribution is 2.31. The van der Waals surface area contributed by atoms with Crippen LogP contribution in [0.15, 0.2) is 30.1 Å². The molecule has 1 atom stereocenters. The Morgan fingerprint density at radius 3 is 3.20 bits per heavy atom. The molecule has 1 aromatic carbocycles. The van der Waals surface area contributed by atoms with Crippen LogP contribution in [0, 0.1) is 0 Å². The second kappa shape index (κ2) is 5.75. The predicted octanol–water partition coefficient (Wildman–Crippen LogP) is 1.65. The smallest absolute Gasteiger partial charge is 0.122 e. The van der Waals surface area contributed by atoms with Crippen LogP contribution >= 0.6 is 0 Å². The number of rotatable bonds is 3. The molecule has 108 valence electrons. The summed E-state index contributed by atoms with van der Waals surface area (Å²) in [6.45, 7) is 6.13. The Morgan fingerprint density at radius 1 is 1.45 bits per heavy atom. The van der Waals surface area contributed by atoms with Crippen molar-refractivity contribution in [2.24, 2.45) is 0 Å². The third-order valence-electron chi connectivity index (χ3n) is 4.19.